The van der Waals surface area contributed by atoms with Gasteiger partial charge >= 0.3 is 6.36 Å². The van der Waals surface area contributed by atoms with Crippen molar-refractivity contribution in [3.63, 3.8) is 0 Å². The summed E-state index contributed by atoms with van der Waals surface area (Å²) in [5, 5.41) is 6.08. The van der Waals surface area contributed by atoms with Crippen LogP contribution in [0, 0.1) is 0 Å². The number of para-hydroxylation sites is 1. The molecule has 162 valence electrons. The number of halogens is 3. The van der Waals surface area contributed by atoms with Gasteiger partial charge in [-0.15, -0.1) is 13.2 Å². The van der Waals surface area contributed by atoms with Crippen molar-refractivity contribution < 1.29 is 22.7 Å². The monoisotopic (exact) mass is 422 g/mol. The quantitative estimate of drug-likeness (QED) is 0.531. The molecule has 0 spiro atoms. The minimum absolute atomic E-state index is 0.0676. The van der Waals surface area contributed by atoms with E-state index < -0.39 is 6.36 Å². The van der Waals surface area contributed by atoms with Gasteiger partial charge in [-0.3, -0.25) is 9.79 Å². The van der Waals surface area contributed by atoms with Crippen molar-refractivity contribution in [3.8, 4) is 5.75 Å². The lowest BCUT2D eigenvalue weighted by atomic mass is 10.1. The van der Waals surface area contributed by atoms with Gasteiger partial charge in [-0.05, 0) is 30.2 Å². The van der Waals surface area contributed by atoms with E-state index in [2.05, 4.69) is 20.4 Å². The van der Waals surface area contributed by atoms with Crippen molar-refractivity contribution in [2.24, 2.45) is 4.99 Å². The number of guanidine groups is 1. The molecule has 0 unspecified atom stereocenters. The standard InChI is InChI=1S/C21H25F3N4O2/c1-25-20(27-14-17-8-4-5-10-18(17)30-21(22,23)24)26-12-11-15-7-6-9-16(13-15)19(29)28(2)3/h4-10,13H,11-12,14H2,1-3H3,(H2,25,26,27). The molecule has 0 aromatic heterocycles. The summed E-state index contributed by atoms with van der Waals surface area (Å²) in [7, 11) is 4.97. The Morgan fingerprint density at radius 1 is 1.10 bits per heavy atom. The Morgan fingerprint density at radius 3 is 2.50 bits per heavy atom. The average Bonchev–Trinajstić information content (AvgIpc) is 2.70. The summed E-state index contributed by atoms with van der Waals surface area (Å²) in [4.78, 5) is 17.7. The molecule has 0 heterocycles. The van der Waals surface area contributed by atoms with Crippen LogP contribution in [0.15, 0.2) is 53.5 Å². The summed E-state index contributed by atoms with van der Waals surface area (Å²) >= 11 is 0. The Labute approximate surface area is 173 Å². The fraction of sp³-hybridized carbons (Fsp3) is 0.333. The third kappa shape index (κ3) is 7.31. The van der Waals surface area contributed by atoms with Crippen LogP contribution in [0.4, 0.5) is 13.2 Å². The van der Waals surface area contributed by atoms with Crippen molar-refractivity contribution in [2.45, 2.75) is 19.3 Å². The third-order valence-corrected chi connectivity index (χ3v) is 4.15. The zero-order valence-electron chi connectivity index (χ0n) is 17.1. The molecule has 2 N–H and O–H groups in total. The number of nitrogens with zero attached hydrogens (tertiary/aromatic N) is 2. The molecule has 1 amide bonds. The maximum atomic E-state index is 12.5. The van der Waals surface area contributed by atoms with E-state index in [-0.39, 0.29) is 18.2 Å². The van der Waals surface area contributed by atoms with Gasteiger partial charge < -0.3 is 20.3 Å². The van der Waals surface area contributed by atoms with Crippen LogP contribution in [-0.2, 0) is 13.0 Å². The molecule has 0 aliphatic heterocycles. The maximum absolute atomic E-state index is 12.5. The van der Waals surface area contributed by atoms with Gasteiger partial charge in [-0.1, -0.05) is 30.3 Å². The summed E-state index contributed by atoms with van der Waals surface area (Å²) in [5.74, 6) is 0.120. The second-order valence-corrected chi connectivity index (χ2v) is 6.66. The minimum atomic E-state index is -4.75. The third-order valence-electron chi connectivity index (χ3n) is 4.15. The molecular weight excluding hydrogens is 397 g/mol. The Balaban J connectivity index is 1.90. The van der Waals surface area contributed by atoms with Crippen molar-refractivity contribution >= 4 is 11.9 Å². The maximum Gasteiger partial charge on any atom is 0.573 e. The van der Waals surface area contributed by atoms with E-state index in [0.29, 0.717) is 30.1 Å². The number of hydrogen-bond donors (Lipinski definition) is 2. The number of aliphatic imine (C=N–C) groups is 1. The molecule has 2 aromatic rings. The van der Waals surface area contributed by atoms with E-state index in [1.807, 2.05) is 18.2 Å². The fourth-order valence-electron chi connectivity index (χ4n) is 2.72. The number of nitrogens with one attached hydrogen (secondary N) is 2. The van der Waals surface area contributed by atoms with Crippen LogP contribution in [0.5, 0.6) is 5.75 Å². The molecular formula is C21H25F3N4O2. The predicted octanol–water partition coefficient (Wildman–Crippen LogP) is 3.19. The number of carbonyl (C=O) groups excluding carboxylic acids is 1. The van der Waals surface area contributed by atoms with E-state index in [4.69, 9.17) is 0 Å². The van der Waals surface area contributed by atoms with Crippen LogP contribution >= 0.6 is 0 Å². The molecule has 0 radical (unpaired) electrons. The molecule has 30 heavy (non-hydrogen) atoms. The van der Waals surface area contributed by atoms with Crippen molar-refractivity contribution in [1.82, 2.24) is 15.5 Å². The van der Waals surface area contributed by atoms with Crippen LogP contribution in [-0.4, -0.2) is 50.8 Å². The van der Waals surface area contributed by atoms with Gasteiger partial charge in [-0.2, -0.15) is 0 Å². The Morgan fingerprint density at radius 2 is 1.83 bits per heavy atom. The van der Waals surface area contributed by atoms with Crippen molar-refractivity contribution in [1.29, 1.82) is 0 Å². The number of hydrogen-bond acceptors (Lipinski definition) is 3. The molecule has 2 aromatic carbocycles. The van der Waals surface area contributed by atoms with Gasteiger partial charge in [0.1, 0.15) is 5.75 Å². The smallest absolute Gasteiger partial charge is 0.405 e. The highest BCUT2D eigenvalue weighted by Gasteiger charge is 2.31. The molecule has 0 bridgehead atoms. The molecule has 0 aliphatic carbocycles. The first-order valence-electron chi connectivity index (χ1n) is 9.28. The summed E-state index contributed by atoms with van der Waals surface area (Å²) < 4.78 is 41.7. The SMILES string of the molecule is CN=C(NCCc1cccc(C(=O)N(C)C)c1)NCc1ccccc1OC(F)(F)F. The first-order valence-corrected chi connectivity index (χ1v) is 9.28. The van der Waals surface area contributed by atoms with Crippen LogP contribution < -0.4 is 15.4 Å². The number of alkyl halides is 3. The highest BCUT2D eigenvalue weighted by Crippen LogP contribution is 2.26. The summed E-state index contributed by atoms with van der Waals surface area (Å²) in [6.07, 6.45) is -4.11. The summed E-state index contributed by atoms with van der Waals surface area (Å²) in [6, 6.07) is 13.3. The molecule has 6 nitrogen and oxygen atoms in total. The van der Waals surface area contributed by atoms with Crippen LogP contribution in [0.1, 0.15) is 21.5 Å². The van der Waals surface area contributed by atoms with Gasteiger partial charge in [0.15, 0.2) is 5.96 Å². The zero-order chi connectivity index (χ0) is 22.1. The zero-order valence-corrected chi connectivity index (χ0v) is 17.1. The van der Waals surface area contributed by atoms with E-state index in [0.717, 1.165) is 5.56 Å². The number of benzene rings is 2. The van der Waals surface area contributed by atoms with E-state index in [9.17, 15) is 18.0 Å². The van der Waals surface area contributed by atoms with E-state index in [1.165, 1.54) is 17.0 Å². The molecule has 0 saturated heterocycles. The summed E-state index contributed by atoms with van der Waals surface area (Å²) in [5.41, 5.74) is 1.95. The highest BCUT2D eigenvalue weighted by molar-refractivity contribution is 5.94. The van der Waals surface area contributed by atoms with Crippen LogP contribution in [0.25, 0.3) is 0 Å². The number of amides is 1. The molecule has 0 saturated carbocycles. The van der Waals surface area contributed by atoms with Gasteiger partial charge in [-0.25, -0.2) is 0 Å². The minimum Gasteiger partial charge on any atom is -0.405 e. The highest BCUT2D eigenvalue weighted by atomic mass is 19.4. The van der Waals surface area contributed by atoms with Crippen LogP contribution in [0.3, 0.4) is 0 Å². The molecule has 0 aliphatic rings. The predicted molar refractivity (Wildman–Crippen MR) is 109 cm³/mol. The lowest BCUT2D eigenvalue weighted by Crippen LogP contribution is -2.38. The fourth-order valence-corrected chi connectivity index (χ4v) is 2.72. The average molecular weight is 422 g/mol. The normalized spacial score (nSPS) is 11.7. The summed E-state index contributed by atoms with van der Waals surface area (Å²) in [6.45, 7) is 0.638. The van der Waals surface area contributed by atoms with Crippen molar-refractivity contribution in [2.75, 3.05) is 27.7 Å². The van der Waals surface area contributed by atoms with E-state index in [1.54, 1.807) is 39.3 Å². The molecule has 0 atom stereocenters. The molecule has 9 heteroatoms. The Hall–Kier alpha value is -3.23. The lowest BCUT2D eigenvalue weighted by molar-refractivity contribution is -0.274. The molecule has 2 rings (SSSR count). The first-order chi connectivity index (χ1) is 14.2. The van der Waals surface area contributed by atoms with Gasteiger partial charge in [0.25, 0.3) is 5.91 Å². The second-order valence-electron chi connectivity index (χ2n) is 6.66. The van der Waals surface area contributed by atoms with Gasteiger partial charge in [0.05, 0.1) is 0 Å². The van der Waals surface area contributed by atoms with Gasteiger partial charge in [0.2, 0.25) is 0 Å². The van der Waals surface area contributed by atoms with Crippen molar-refractivity contribution in [3.05, 3.63) is 65.2 Å². The number of carbonyl (C=O) groups is 1. The number of rotatable bonds is 7. The van der Waals surface area contributed by atoms with E-state index >= 15 is 0 Å². The molecule has 0 fully saturated rings. The largest absolute Gasteiger partial charge is 0.573 e. The topological polar surface area (TPSA) is 66.0 Å². The number of ether oxygens (including phenoxy) is 1. The van der Waals surface area contributed by atoms with Gasteiger partial charge in [0, 0.05) is 45.4 Å². The first kappa shape index (κ1) is 23.1. The Bertz CT molecular complexity index is 883. The lowest BCUT2D eigenvalue weighted by Gasteiger charge is -2.16. The Kier molecular flexibility index (Phi) is 8.08. The second kappa shape index (κ2) is 10.5. The van der Waals surface area contributed by atoms with Crippen LogP contribution in [0.2, 0.25) is 0 Å².